The topological polar surface area (TPSA) is 31.0 Å². The number of benzene rings is 2. The largest absolute Gasteiger partial charge is 0.461 e. The summed E-state index contributed by atoms with van der Waals surface area (Å²) >= 11 is 0. The minimum Gasteiger partial charge on any atom is -0.461 e. The van der Waals surface area contributed by atoms with Crippen molar-refractivity contribution in [3.63, 3.8) is 0 Å². The van der Waals surface area contributed by atoms with Gasteiger partial charge in [-0.15, -0.1) is 0 Å². The number of nitrogens with zero attached hydrogens (tertiary/aromatic N) is 2. The average molecular weight is 316 g/mol. The fraction of sp³-hybridized carbons (Fsp3) is 0.190. The van der Waals surface area contributed by atoms with Gasteiger partial charge in [-0.05, 0) is 51.0 Å². The van der Waals surface area contributed by atoms with Crippen LogP contribution in [0.25, 0.3) is 28.0 Å². The van der Waals surface area contributed by atoms with E-state index in [0.29, 0.717) is 0 Å². The fourth-order valence-electron chi connectivity index (χ4n) is 3.60. The van der Waals surface area contributed by atoms with E-state index in [2.05, 4.69) is 66.7 Å². The van der Waals surface area contributed by atoms with Crippen LogP contribution in [-0.4, -0.2) is 9.55 Å². The molecule has 0 atom stereocenters. The summed E-state index contributed by atoms with van der Waals surface area (Å²) in [6.45, 7) is 8.41. The maximum atomic E-state index is 5.94. The first kappa shape index (κ1) is 14.8. The Bertz CT molecular complexity index is 1030. The average Bonchev–Trinajstić information content (AvgIpc) is 3.11. The van der Waals surface area contributed by atoms with Crippen molar-refractivity contribution in [2.75, 3.05) is 0 Å². The molecule has 0 amide bonds. The highest BCUT2D eigenvalue weighted by Gasteiger charge is 2.16. The molecule has 2 aromatic carbocycles. The van der Waals surface area contributed by atoms with Gasteiger partial charge in [-0.3, -0.25) is 4.57 Å². The summed E-state index contributed by atoms with van der Waals surface area (Å²) in [4.78, 5) is 4.63. The number of hydrogen-bond acceptors (Lipinski definition) is 2. The van der Waals surface area contributed by atoms with Gasteiger partial charge in [0.15, 0.2) is 0 Å². The van der Waals surface area contributed by atoms with E-state index < -0.39 is 0 Å². The smallest absolute Gasteiger partial charge is 0.148 e. The number of rotatable bonds is 2. The highest BCUT2D eigenvalue weighted by molar-refractivity contribution is 5.91. The molecule has 2 heterocycles. The summed E-state index contributed by atoms with van der Waals surface area (Å²) in [6, 6.07) is 12.7. The predicted octanol–water partition coefficient (Wildman–Crippen LogP) is 5.52. The van der Waals surface area contributed by atoms with Gasteiger partial charge >= 0.3 is 0 Å². The van der Waals surface area contributed by atoms with Crippen LogP contribution in [0, 0.1) is 27.7 Å². The highest BCUT2D eigenvalue weighted by atomic mass is 16.3. The van der Waals surface area contributed by atoms with Crippen LogP contribution in [0.1, 0.15) is 22.5 Å². The van der Waals surface area contributed by atoms with Crippen LogP contribution >= 0.6 is 0 Å². The second-order valence-electron chi connectivity index (χ2n) is 6.45. The number of aryl methyl sites for hydroxylation is 4. The Kier molecular flexibility index (Phi) is 3.31. The number of para-hydroxylation sites is 1. The van der Waals surface area contributed by atoms with Crippen molar-refractivity contribution in [2.45, 2.75) is 27.7 Å². The molecule has 4 aromatic rings. The normalized spacial score (nSPS) is 11.3. The van der Waals surface area contributed by atoms with Gasteiger partial charge in [-0.25, -0.2) is 4.98 Å². The van der Waals surface area contributed by atoms with E-state index in [-0.39, 0.29) is 0 Å². The molecule has 0 aliphatic rings. The van der Waals surface area contributed by atoms with Crippen LogP contribution in [0.3, 0.4) is 0 Å². The number of aromatic nitrogens is 2. The van der Waals surface area contributed by atoms with Crippen molar-refractivity contribution < 1.29 is 4.42 Å². The zero-order valence-corrected chi connectivity index (χ0v) is 14.4. The van der Waals surface area contributed by atoms with Crippen LogP contribution in [0.4, 0.5) is 0 Å². The monoisotopic (exact) mass is 316 g/mol. The Morgan fingerprint density at radius 3 is 2.46 bits per heavy atom. The lowest BCUT2D eigenvalue weighted by atomic mass is 10.0. The van der Waals surface area contributed by atoms with Gasteiger partial charge in [-0.2, -0.15) is 0 Å². The van der Waals surface area contributed by atoms with Crippen LogP contribution in [-0.2, 0) is 0 Å². The molecule has 0 aliphatic carbocycles. The molecule has 0 spiro atoms. The molecule has 0 N–H and O–H groups in total. The lowest BCUT2D eigenvalue weighted by Gasteiger charge is -2.15. The molecule has 3 nitrogen and oxygen atoms in total. The molecule has 0 saturated carbocycles. The van der Waals surface area contributed by atoms with Gasteiger partial charge in [0, 0.05) is 17.8 Å². The van der Waals surface area contributed by atoms with Crippen LogP contribution in [0.5, 0.6) is 0 Å². The van der Waals surface area contributed by atoms with E-state index >= 15 is 0 Å². The molecule has 0 saturated heterocycles. The summed E-state index contributed by atoms with van der Waals surface area (Å²) in [6.07, 6.45) is 3.87. The van der Waals surface area contributed by atoms with Crippen molar-refractivity contribution in [1.82, 2.24) is 9.55 Å². The Morgan fingerprint density at radius 2 is 1.71 bits per heavy atom. The summed E-state index contributed by atoms with van der Waals surface area (Å²) < 4.78 is 8.10. The Hall–Kier alpha value is -2.81. The molecule has 24 heavy (non-hydrogen) atoms. The van der Waals surface area contributed by atoms with E-state index in [0.717, 1.165) is 28.1 Å². The maximum Gasteiger partial charge on any atom is 0.148 e. The Morgan fingerprint density at radius 1 is 0.958 bits per heavy atom. The molecule has 0 unspecified atom stereocenters. The number of furan rings is 1. The molecular weight excluding hydrogens is 296 g/mol. The Labute approximate surface area is 141 Å². The van der Waals surface area contributed by atoms with Crippen LogP contribution < -0.4 is 0 Å². The third-order valence-electron chi connectivity index (χ3n) is 4.43. The zero-order chi connectivity index (χ0) is 16.8. The molecule has 120 valence electrons. The third kappa shape index (κ3) is 2.24. The van der Waals surface area contributed by atoms with Gasteiger partial charge in [0.2, 0.25) is 0 Å². The number of fused-ring (bicyclic) bond motifs is 1. The SMILES string of the molecule is Cc1cc(C)c(-n2ccnc2-c2cccc3cc(C)oc23)c(C)c1. The van der Waals surface area contributed by atoms with E-state index in [1.54, 1.807) is 0 Å². The van der Waals surface area contributed by atoms with E-state index in [1.807, 2.05) is 19.3 Å². The minimum atomic E-state index is 0.893. The molecular formula is C21H20N2O. The van der Waals surface area contributed by atoms with Gasteiger partial charge in [0.1, 0.15) is 17.2 Å². The minimum absolute atomic E-state index is 0.893. The molecule has 0 fully saturated rings. The van der Waals surface area contributed by atoms with Gasteiger partial charge in [0.05, 0.1) is 11.3 Å². The first-order chi connectivity index (χ1) is 11.5. The standard InChI is InChI=1S/C21H20N2O/c1-13-10-14(2)19(15(3)11-13)23-9-8-22-21(23)18-7-5-6-17-12-16(4)24-20(17)18/h5-12H,1-4H3. The maximum absolute atomic E-state index is 5.94. The number of imidazole rings is 1. The molecule has 3 heteroatoms. The lowest BCUT2D eigenvalue weighted by Crippen LogP contribution is -2.02. The van der Waals surface area contributed by atoms with Gasteiger partial charge < -0.3 is 4.42 Å². The van der Waals surface area contributed by atoms with Crippen molar-refractivity contribution in [3.05, 3.63) is 71.2 Å². The predicted molar refractivity (Wildman–Crippen MR) is 97.7 cm³/mol. The van der Waals surface area contributed by atoms with E-state index in [9.17, 15) is 0 Å². The quantitative estimate of drug-likeness (QED) is 0.487. The summed E-state index contributed by atoms with van der Waals surface area (Å²) in [5.41, 5.74) is 6.87. The highest BCUT2D eigenvalue weighted by Crippen LogP contribution is 2.32. The summed E-state index contributed by atoms with van der Waals surface area (Å²) in [7, 11) is 0. The van der Waals surface area contributed by atoms with Crippen LogP contribution in [0.2, 0.25) is 0 Å². The number of hydrogen-bond donors (Lipinski definition) is 0. The Balaban J connectivity index is 1.99. The molecule has 0 aliphatic heterocycles. The van der Waals surface area contributed by atoms with Crippen molar-refractivity contribution in [1.29, 1.82) is 0 Å². The summed E-state index contributed by atoms with van der Waals surface area (Å²) in [5, 5.41) is 1.11. The van der Waals surface area contributed by atoms with Crippen LogP contribution in [0.15, 0.2) is 53.2 Å². The first-order valence-electron chi connectivity index (χ1n) is 8.15. The first-order valence-corrected chi connectivity index (χ1v) is 8.15. The zero-order valence-electron chi connectivity index (χ0n) is 14.4. The second kappa shape index (κ2) is 5.38. The molecule has 0 radical (unpaired) electrons. The molecule has 2 aromatic heterocycles. The fourth-order valence-corrected chi connectivity index (χ4v) is 3.60. The molecule has 4 rings (SSSR count). The van der Waals surface area contributed by atoms with Gasteiger partial charge in [0.25, 0.3) is 0 Å². The van der Waals surface area contributed by atoms with E-state index in [1.165, 1.54) is 22.4 Å². The van der Waals surface area contributed by atoms with E-state index in [4.69, 9.17) is 4.42 Å². The van der Waals surface area contributed by atoms with Crippen molar-refractivity contribution >= 4 is 11.0 Å². The van der Waals surface area contributed by atoms with Crippen molar-refractivity contribution in [3.8, 4) is 17.1 Å². The van der Waals surface area contributed by atoms with Crippen molar-refractivity contribution in [2.24, 2.45) is 0 Å². The van der Waals surface area contributed by atoms with Gasteiger partial charge in [-0.1, -0.05) is 29.8 Å². The summed E-state index contributed by atoms with van der Waals surface area (Å²) in [5.74, 6) is 1.82. The third-order valence-corrected chi connectivity index (χ3v) is 4.43. The molecule has 0 bridgehead atoms. The second-order valence-corrected chi connectivity index (χ2v) is 6.45. The lowest BCUT2D eigenvalue weighted by molar-refractivity contribution is 0.579.